The van der Waals surface area contributed by atoms with Crippen molar-refractivity contribution in [2.24, 2.45) is 0 Å². The molecule has 1 aliphatic rings. The molecule has 0 bridgehead atoms. The highest BCUT2D eigenvalue weighted by Crippen LogP contribution is 2.42. The number of hydrogen-bond acceptors (Lipinski definition) is 2. The molecule has 0 aliphatic carbocycles. The van der Waals surface area contributed by atoms with Gasteiger partial charge in [-0.15, -0.1) is 0 Å². The Labute approximate surface area is 109 Å². The number of halogens is 2. The van der Waals surface area contributed by atoms with Gasteiger partial charge in [-0.2, -0.15) is 0 Å². The van der Waals surface area contributed by atoms with Crippen molar-refractivity contribution in [1.29, 1.82) is 0 Å². The molecule has 2 aromatic rings. The van der Waals surface area contributed by atoms with Crippen LogP contribution in [-0.4, -0.2) is 7.11 Å². The smallest absolute Gasteiger partial charge is 0.140 e. The third kappa shape index (κ3) is 2.03. The molecule has 0 saturated heterocycles. The predicted molar refractivity (Wildman–Crippen MR) is 67.0 cm³/mol. The van der Waals surface area contributed by atoms with Gasteiger partial charge in [-0.05, 0) is 30.3 Å². The molecule has 0 aromatic heterocycles. The van der Waals surface area contributed by atoms with E-state index in [1.54, 1.807) is 12.7 Å². The molecule has 3 rings (SSSR count). The molecule has 0 unspecified atom stereocenters. The van der Waals surface area contributed by atoms with E-state index in [9.17, 15) is 8.78 Å². The fourth-order valence-electron chi connectivity index (χ4n) is 2.19. The lowest BCUT2D eigenvalue weighted by Gasteiger charge is -2.11. The first-order valence-electron chi connectivity index (χ1n) is 5.83. The van der Waals surface area contributed by atoms with Gasteiger partial charge in [0.1, 0.15) is 29.7 Å². The van der Waals surface area contributed by atoms with E-state index in [0.29, 0.717) is 23.5 Å². The molecule has 2 aromatic carbocycles. The molecule has 1 aliphatic heterocycles. The van der Waals surface area contributed by atoms with Gasteiger partial charge < -0.3 is 9.47 Å². The lowest BCUT2D eigenvalue weighted by molar-refractivity contribution is 0.412. The SMILES string of the molecule is COc1cc2c(c(-c3cc(F)ccc3F)c1)O[CH]C2. The summed E-state index contributed by atoms with van der Waals surface area (Å²) in [4.78, 5) is 0. The molecule has 0 fully saturated rings. The van der Waals surface area contributed by atoms with Crippen LogP contribution in [0.5, 0.6) is 11.5 Å². The zero-order valence-electron chi connectivity index (χ0n) is 10.2. The standard InChI is InChI=1S/C15H11F2O2/c1-18-11-6-9-4-5-19-15(9)13(8-11)12-7-10(16)2-3-14(12)17/h2-3,5-8H,4H2,1H3. The Morgan fingerprint density at radius 3 is 2.74 bits per heavy atom. The molecule has 0 N–H and O–H groups in total. The Morgan fingerprint density at radius 1 is 1.11 bits per heavy atom. The molecule has 1 heterocycles. The molecule has 2 nitrogen and oxygen atoms in total. The molecule has 0 atom stereocenters. The topological polar surface area (TPSA) is 18.5 Å². The van der Waals surface area contributed by atoms with Crippen LogP contribution in [0.3, 0.4) is 0 Å². The van der Waals surface area contributed by atoms with E-state index >= 15 is 0 Å². The second-order valence-corrected chi connectivity index (χ2v) is 4.28. The average molecular weight is 261 g/mol. The molecule has 4 heteroatoms. The zero-order chi connectivity index (χ0) is 13.4. The summed E-state index contributed by atoms with van der Waals surface area (Å²) in [6, 6.07) is 6.84. The minimum Gasteiger partial charge on any atom is -0.497 e. The van der Waals surface area contributed by atoms with Gasteiger partial charge in [0.25, 0.3) is 0 Å². The largest absolute Gasteiger partial charge is 0.497 e. The third-order valence-corrected chi connectivity index (χ3v) is 3.10. The summed E-state index contributed by atoms with van der Waals surface area (Å²) < 4.78 is 37.8. The normalized spacial score (nSPS) is 13.0. The van der Waals surface area contributed by atoms with Gasteiger partial charge in [-0.1, -0.05) is 0 Å². The van der Waals surface area contributed by atoms with Gasteiger partial charge in [0.05, 0.1) is 7.11 Å². The Bertz CT molecular complexity index is 638. The quantitative estimate of drug-likeness (QED) is 0.820. The second kappa shape index (κ2) is 4.53. The van der Waals surface area contributed by atoms with Crippen molar-refractivity contribution in [3.63, 3.8) is 0 Å². The Hall–Kier alpha value is -2.10. The number of ether oxygens (including phenoxy) is 2. The van der Waals surface area contributed by atoms with E-state index < -0.39 is 11.6 Å². The van der Waals surface area contributed by atoms with Crippen LogP contribution in [0.2, 0.25) is 0 Å². The summed E-state index contributed by atoms with van der Waals surface area (Å²) in [5, 5.41) is 0. The fourth-order valence-corrected chi connectivity index (χ4v) is 2.19. The molecule has 0 spiro atoms. The molecular weight excluding hydrogens is 250 g/mol. The summed E-state index contributed by atoms with van der Waals surface area (Å²) in [6.45, 7) is 1.63. The number of hydrogen-bond donors (Lipinski definition) is 0. The first kappa shape index (κ1) is 12.0. The zero-order valence-corrected chi connectivity index (χ0v) is 10.2. The summed E-state index contributed by atoms with van der Waals surface area (Å²) in [7, 11) is 1.53. The van der Waals surface area contributed by atoms with Gasteiger partial charge in [0.2, 0.25) is 0 Å². The molecule has 19 heavy (non-hydrogen) atoms. The monoisotopic (exact) mass is 261 g/mol. The average Bonchev–Trinajstić information content (AvgIpc) is 2.88. The van der Waals surface area contributed by atoms with Crippen molar-refractivity contribution in [2.45, 2.75) is 6.42 Å². The van der Waals surface area contributed by atoms with Gasteiger partial charge in [-0.25, -0.2) is 8.78 Å². The van der Waals surface area contributed by atoms with Crippen molar-refractivity contribution >= 4 is 0 Å². The van der Waals surface area contributed by atoms with Crippen LogP contribution in [0.1, 0.15) is 5.56 Å². The van der Waals surface area contributed by atoms with E-state index in [0.717, 1.165) is 23.8 Å². The first-order valence-corrected chi connectivity index (χ1v) is 5.83. The van der Waals surface area contributed by atoms with E-state index in [4.69, 9.17) is 9.47 Å². The minimum absolute atomic E-state index is 0.172. The summed E-state index contributed by atoms with van der Waals surface area (Å²) in [6.07, 6.45) is 0.621. The van der Waals surface area contributed by atoms with E-state index in [2.05, 4.69) is 0 Å². The van der Waals surface area contributed by atoms with Gasteiger partial charge in [-0.3, -0.25) is 0 Å². The first-order chi connectivity index (χ1) is 9.19. The maximum absolute atomic E-state index is 13.9. The van der Waals surface area contributed by atoms with Crippen LogP contribution in [0.4, 0.5) is 8.78 Å². The third-order valence-electron chi connectivity index (χ3n) is 3.10. The second-order valence-electron chi connectivity index (χ2n) is 4.28. The predicted octanol–water partition coefficient (Wildman–Crippen LogP) is 3.74. The Morgan fingerprint density at radius 2 is 1.95 bits per heavy atom. The fraction of sp³-hybridized carbons (Fsp3) is 0.133. The summed E-state index contributed by atoms with van der Waals surface area (Å²) >= 11 is 0. The lowest BCUT2D eigenvalue weighted by Crippen LogP contribution is -1.92. The van der Waals surface area contributed by atoms with Crippen LogP contribution in [-0.2, 0) is 6.42 Å². The highest BCUT2D eigenvalue weighted by atomic mass is 19.1. The van der Waals surface area contributed by atoms with Crippen LogP contribution in [0, 0.1) is 18.2 Å². The summed E-state index contributed by atoms with van der Waals surface area (Å²) in [5.74, 6) is 0.170. The number of methoxy groups -OCH3 is 1. The van der Waals surface area contributed by atoms with Crippen molar-refractivity contribution in [3.8, 4) is 22.6 Å². The molecular formula is C15H11F2O2. The lowest BCUT2D eigenvalue weighted by atomic mass is 10.00. The van der Waals surface area contributed by atoms with Gasteiger partial charge in [0, 0.05) is 23.1 Å². The summed E-state index contributed by atoms with van der Waals surface area (Å²) in [5.41, 5.74) is 1.57. The van der Waals surface area contributed by atoms with Crippen molar-refractivity contribution in [1.82, 2.24) is 0 Å². The minimum atomic E-state index is -0.493. The number of fused-ring (bicyclic) bond motifs is 1. The van der Waals surface area contributed by atoms with Crippen LogP contribution in [0.25, 0.3) is 11.1 Å². The van der Waals surface area contributed by atoms with Crippen molar-refractivity contribution in [3.05, 3.63) is 54.1 Å². The molecule has 97 valence electrons. The van der Waals surface area contributed by atoms with E-state index in [1.807, 2.05) is 6.07 Å². The van der Waals surface area contributed by atoms with Crippen molar-refractivity contribution < 1.29 is 18.3 Å². The van der Waals surface area contributed by atoms with E-state index in [1.165, 1.54) is 7.11 Å². The highest BCUT2D eigenvalue weighted by Gasteiger charge is 2.21. The molecule has 0 amide bonds. The van der Waals surface area contributed by atoms with Gasteiger partial charge in [0.15, 0.2) is 0 Å². The van der Waals surface area contributed by atoms with Crippen LogP contribution < -0.4 is 9.47 Å². The Balaban J connectivity index is 2.24. The highest BCUT2D eigenvalue weighted by molar-refractivity contribution is 5.75. The molecule has 1 radical (unpaired) electrons. The van der Waals surface area contributed by atoms with Crippen LogP contribution >= 0.6 is 0 Å². The maximum atomic E-state index is 13.9. The number of benzene rings is 2. The van der Waals surface area contributed by atoms with E-state index in [-0.39, 0.29) is 5.56 Å². The number of rotatable bonds is 2. The van der Waals surface area contributed by atoms with Crippen molar-refractivity contribution in [2.75, 3.05) is 7.11 Å². The van der Waals surface area contributed by atoms with Gasteiger partial charge >= 0.3 is 0 Å². The maximum Gasteiger partial charge on any atom is 0.140 e. The Kier molecular flexibility index (Phi) is 2.85. The molecule has 0 saturated carbocycles. The van der Waals surface area contributed by atoms with Crippen LogP contribution in [0.15, 0.2) is 30.3 Å².